The summed E-state index contributed by atoms with van der Waals surface area (Å²) in [6, 6.07) is 7.93. The van der Waals surface area contributed by atoms with E-state index in [1.54, 1.807) is 0 Å². The third kappa shape index (κ3) is 3.47. The Labute approximate surface area is 123 Å². The monoisotopic (exact) mass is 288 g/mol. The lowest BCUT2D eigenvalue weighted by atomic mass is 10.2. The molecular formula is C15H20N4O2. The summed E-state index contributed by atoms with van der Waals surface area (Å²) in [5.41, 5.74) is 0.927. The number of nitrogens with one attached hydrogen (secondary N) is 1. The van der Waals surface area contributed by atoms with Crippen LogP contribution in [-0.4, -0.2) is 59.4 Å². The van der Waals surface area contributed by atoms with Crippen LogP contribution in [-0.2, 0) is 11.3 Å². The molecule has 6 nitrogen and oxygen atoms in total. The molecule has 2 aromatic rings. The lowest BCUT2D eigenvalue weighted by molar-refractivity contribution is 0.0331. The van der Waals surface area contributed by atoms with Gasteiger partial charge < -0.3 is 15.2 Å². The third-order valence-electron chi connectivity index (χ3n) is 3.52. The zero-order valence-electron chi connectivity index (χ0n) is 12.0. The first-order chi connectivity index (χ1) is 10.4. The van der Waals surface area contributed by atoms with E-state index < -0.39 is 0 Å². The van der Waals surface area contributed by atoms with Crippen molar-refractivity contribution in [3.63, 3.8) is 0 Å². The molecule has 1 fully saturated rings. The minimum atomic E-state index is 0.0805. The number of morpholine rings is 1. The summed E-state index contributed by atoms with van der Waals surface area (Å²) in [5.74, 6) is 1.59. The summed E-state index contributed by atoms with van der Waals surface area (Å²) in [6.45, 7) is 4.65. The standard InChI is InChI=1S/C15H20N4O2/c20-8-5-16-15-12-3-1-2-4-13(12)17-14(18-15)11-19-6-9-21-10-7-19/h1-4,20H,5-11H2,(H,16,17,18). The number of aliphatic hydroxyl groups is 1. The summed E-state index contributed by atoms with van der Waals surface area (Å²) in [5, 5.41) is 13.2. The Bertz CT molecular complexity index is 599. The van der Waals surface area contributed by atoms with Crippen LogP contribution in [0.5, 0.6) is 0 Å². The SMILES string of the molecule is OCCNc1nc(CN2CCOCC2)nc2ccccc12. The van der Waals surface area contributed by atoms with Crippen molar-refractivity contribution >= 4 is 16.7 Å². The molecule has 0 radical (unpaired) electrons. The summed E-state index contributed by atoms with van der Waals surface area (Å²) >= 11 is 0. The first-order valence-electron chi connectivity index (χ1n) is 7.27. The normalized spacial score (nSPS) is 16.2. The summed E-state index contributed by atoms with van der Waals surface area (Å²) in [6.07, 6.45) is 0. The highest BCUT2D eigenvalue weighted by Gasteiger charge is 2.14. The van der Waals surface area contributed by atoms with Crippen LogP contribution < -0.4 is 5.32 Å². The van der Waals surface area contributed by atoms with Crippen LogP contribution >= 0.6 is 0 Å². The van der Waals surface area contributed by atoms with Crippen LogP contribution in [0.4, 0.5) is 5.82 Å². The Morgan fingerprint density at radius 2 is 2.00 bits per heavy atom. The Hall–Kier alpha value is -1.76. The van der Waals surface area contributed by atoms with Crippen molar-refractivity contribution in [2.45, 2.75) is 6.54 Å². The van der Waals surface area contributed by atoms with Crippen molar-refractivity contribution in [2.24, 2.45) is 0 Å². The van der Waals surface area contributed by atoms with Crippen molar-refractivity contribution in [3.8, 4) is 0 Å². The number of hydrogen-bond donors (Lipinski definition) is 2. The smallest absolute Gasteiger partial charge is 0.145 e. The highest BCUT2D eigenvalue weighted by molar-refractivity contribution is 5.88. The van der Waals surface area contributed by atoms with Crippen molar-refractivity contribution in [1.29, 1.82) is 0 Å². The number of para-hydroxylation sites is 1. The first kappa shape index (κ1) is 14.2. The van der Waals surface area contributed by atoms with E-state index in [0.29, 0.717) is 6.54 Å². The van der Waals surface area contributed by atoms with Gasteiger partial charge in [-0.2, -0.15) is 0 Å². The Balaban J connectivity index is 1.87. The van der Waals surface area contributed by atoms with E-state index in [4.69, 9.17) is 9.84 Å². The Morgan fingerprint density at radius 3 is 2.81 bits per heavy atom. The maximum Gasteiger partial charge on any atom is 0.145 e. The molecule has 2 N–H and O–H groups in total. The minimum absolute atomic E-state index is 0.0805. The molecule has 1 aliphatic heterocycles. The van der Waals surface area contributed by atoms with Gasteiger partial charge >= 0.3 is 0 Å². The molecule has 0 spiro atoms. The minimum Gasteiger partial charge on any atom is -0.395 e. The largest absolute Gasteiger partial charge is 0.395 e. The number of ether oxygens (including phenoxy) is 1. The first-order valence-corrected chi connectivity index (χ1v) is 7.27. The van der Waals surface area contributed by atoms with Crippen molar-refractivity contribution in [1.82, 2.24) is 14.9 Å². The van der Waals surface area contributed by atoms with Gasteiger partial charge in [-0.25, -0.2) is 9.97 Å². The van der Waals surface area contributed by atoms with E-state index >= 15 is 0 Å². The summed E-state index contributed by atoms with van der Waals surface area (Å²) in [4.78, 5) is 11.6. The van der Waals surface area contributed by atoms with Crippen molar-refractivity contribution in [2.75, 3.05) is 44.8 Å². The molecule has 1 saturated heterocycles. The molecule has 2 heterocycles. The van der Waals surface area contributed by atoms with Gasteiger partial charge in [-0.3, -0.25) is 4.90 Å². The van der Waals surface area contributed by atoms with Gasteiger partial charge in [0.1, 0.15) is 11.6 Å². The van der Waals surface area contributed by atoms with Crippen LogP contribution in [0.1, 0.15) is 5.82 Å². The third-order valence-corrected chi connectivity index (χ3v) is 3.52. The zero-order chi connectivity index (χ0) is 14.5. The van der Waals surface area contributed by atoms with Crippen LogP contribution in [0.25, 0.3) is 10.9 Å². The molecule has 0 aliphatic carbocycles. The topological polar surface area (TPSA) is 70.5 Å². The van der Waals surface area contributed by atoms with Crippen molar-refractivity contribution in [3.05, 3.63) is 30.1 Å². The summed E-state index contributed by atoms with van der Waals surface area (Å²) in [7, 11) is 0. The van der Waals surface area contributed by atoms with Gasteiger partial charge in [0.2, 0.25) is 0 Å². The number of aliphatic hydroxyl groups excluding tert-OH is 1. The maximum atomic E-state index is 9.00. The molecule has 0 atom stereocenters. The molecule has 0 unspecified atom stereocenters. The highest BCUT2D eigenvalue weighted by atomic mass is 16.5. The maximum absolute atomic E-state index is 9.00. The second kappa shape index (κ2) is 6.80. The molecule has 1 aromatic carbocycles. The molecule has 0 amide bonds. The fourth-order valence-electron chi connectivity index (χ4n) is 2.46. The van der Waals surface area contributed by atoms with Crippen LogP contribution in [0.3, 0.4) is 0 Å². The molecule has 3 rings (SSSR count). The fourth-order valence-corrected chi connectivity index (χ4v) is 2.46. The highest BCUT2D eigenvalue weighted by Crippen LogP contribution is 2.20. The number of hydrogen-bond acceptors (Lipinski definition) is 6. The van der Waals surface area contributed by atoms with Gasteiger partial charge in [0.05, 0.1) is 31.9 Å². The van der Waals surface area contributed by atoms with Crippen molar-refractivity contribution < 1.29 is 9.84 Å². The number of rotatable bonds is 5. The van der Waals surface area contributed by atoms with Gasteiger partial charge in [-0.1, -0.05) is 12.1 Å². The molecule has 21 heavy (non-hydrogen) atoms. The number of anilines is 1. The molecule has 0 saturated carbocycles. The number of nitrogens with zero attached hydrogens (tertiary/aromatic N) is 3. The molecule has 6 heteroatoms. The van der Waals surface area contributed by atoms with Gasteiger partial charge in [0, 0.05) is 25.0 Å². The number of fused-ring (bicyclic) bond motifs is 1. The number of benzene rings is 1. The fraction of sp³-hybridized carbons (Fsp3) is 0.467. The van der Waals surface area contributed by atoms with Crippen LogP contribution in [0.2, 0.25) is 0 Å². The predicted molar refractivity (Wildman–Crippen MR) is 81.2 cm³/mol. The predicted octanol–water partition coefficient (Wildman–Crippen LogP) is 0.866. The van der Waals surface area contributed by atoms with E-state index in [1.165, 1.54) is 0 Å². The molecule has 0 bridgehead atoms. The quantitative estimate of drug-likeness (QED) is 0.850. The van der Waals surface area contributed by atoms with E-state index in [-0.39, 0.29) is 6.61 Å². The average molecular weight is 288 g/mol. The molecular weight excluding hydrogens is 268 g/mol. The van der Waals surface area contributed by atoms with Gasteiger partial charge in [0.15, 0.2) is 0 Å². The zero-order valence-corrected chi connectivity index (χ0v) is 12.0. The van der Waals surface area contributed by atoms with Crippen LogP contribution in [0.15, 0.2) is 24.3 Å². The van der Waals surface area contributed by atoms with Gasteiger partial charge in [-0.15, -0.1) is 0 Å². The Kier molecular flexibility index (Phi) is 4.59. The van der Waals surface area contributed by atoms with Gasteiger partial charge in [-0.05, 0) is 12.1 Å². The summed E-state index contributed by atoms with van der Waals surface area (Å²) < 4.78 is 5.36. The molecule has 1 aliphatic rings. The lowest BCUT2D eigenvalue weighted by Gasteiger charge is -2.26. The average Bonchev–Trinajstić information content (AvgIpc) is 2.53. The second-order valence-corrected chi connectivity index (χ2v) is 5.04. The number of aromatic nitrogens is 2. The van der Waals surface area contributed by atoms with E-state index in [1.807, 2.05) is 24.3 Å². The van der Waals surface area contributed by atoms with Gasteiger partial charge in [0.25, 0.3) is 0 Å². The lowest BCUT2D eigenvalue weighted by Crippen LogP contribution is -2.36. The second-order valence-electron chi connectivity index (χ2n) is 5.04. The van der Waals surface area contributed by atoms with E-state index in [9.17, 15) is 0 Å². The Morgan fingerprint density at radius 1 is 1.19 bits per heavy atom. The van der Waals surface area contributed by atoms with Crippen LogP contribution in [0, 0.1) is 0 Å². The van der Waals surface area contributed by atoms with E-state index in [0.717, 1.165) is 55.4 Å². The van der Waals surface area contributed by atoms with E-state index in [2.05, 4.69) is 20.2 Å². The molecule has 1 aromatic heterocycles. The molecule has 112 valence electrons.